The van der Waals surface area contributed by atoms with E-state index in [4.69, 9.17) is 5.73 Å². The van der Waals surface area contributed by atoms with Crippen LogP contribution in [0.3, 0.4) is 0 Å². The first-order chi connectivity index (χ1) is 24.3. The van der Waals surface area contributed by atoms with Gasteiger partial charge in [0, 0.05) is 20.1 Å². The molecule has 5 atom stereocenters. The van der Waals surface area contributed by atoms with Crippen LogP contribution < -0.4 is 21.7 Å². The standard InChI is InChI=1S/C39H56N6O6/c1-38(2)27-23-45(31(28(27)38)34(48)41-29(25-18-13-19-25)32(46)33(40)47)35(49)30(26-16-9-5-10-17-26)42-37(51)43-39(20-11-6-12-21-39)36(50)44(3)22-24-14-7-4-8-15-24/h4,7-8,14-15,25-31H,5-6,9-13,16-23H2,1-3H3,(H2,40,47)(H,41,48)(H2,42,43,51)/t27-,28-,29?,30-,31-/m0/s1. The molecule has 1 saturated heterocycles. The number of likely N-dealkylation sites (N-methyl/N-ethyl adjacent to an activating group) is 1. The second-order valence-electron chi connectivity index (χ2n) is 16.6. The van der Waals surface area contributed by atoms with Gasteiger partial charge in [0.1, 0.15) is 23.7 Å². The lowest BCUT2D eigenvalue weighted by Crippen LogP contribution is -2.65. The van der Waals surface area contributed by atoms with Crippen molar-refractivity contribution < 1.29 is 28.8 Å². The van der Waals surface area contributed by atoms with Gasteiger partial charge in [0.05, 0.1) is 0 Å². The maximum absolute atomic E-state index is 14.7. The Bertz CT molecular complexity index is 1500. The highest BCUT2D eigenvalue weighted by Gasteiger charge is 2.70. The molecule has 0 aromatic heterocycles. The number of urea groups is 1. The average molecular weight is 705 g/mol. The third kappa shape index (κ3) is 7.51. The van der Waals surface area contributed by atoms with Gasteiger partial charge < -0.3 is 31.5 Å². The van der Waals surface area contributed by atoms with E-state index in [0.29, 0.717) is 38.8 Å². The molecule has 4 aliphatic carbocycles. The van der Waals surface area contributed by atoms with Crippen LogP contribution in [-0.2, 0) is 30.5 Å². The number of ketones is 1. The van der Waals surface area contributed by atoms with Gasteiger partial charge >= 0.3 is 6.03 Å². The maximum atomic E-state index is 14.7. The second kappa shape index (κ2) is 14.9. The fourth-order valence-electron chi connectivity index (χ4n) is 9.64. The summed E-state index contributed by atoms with van der Waals surface area (Å²) in [5, 5.41) is 8.98. The van der Waals surface area contributed by atoms with E-state index in [0.717, 1.165) is 63.4 Å². The van der Waals surface area contributed by atoms with Gasteiger partial charge in [-0.05, 0) is 73.2 Å². The Morgan fingerprint density at radius 3 is 2.06 bits per heavy atom. The number of nitrogens with two attached hydrogens (primary N) is 1. The molecule has 6 rings (SSSR count). The lowest BCUT2D eigenvalue weighted by atomic mass is 9.78. The topological polar surface area (TPSA) is 171 Å². The predicted molar refractivity (Wildman–Crippen MR) is 190 cm³/mol. The summed E-state index contributed by atoms with van der Waals surface area (Å²) in [6, 6.07) is 6.46. The Balaban J connectivity index is 1.21. The van der Waals surface area contributed by atoms with Gasteiger partial charge in [0.25, 0.3) is 5.91 Å². The highest BCUT2D eigenvalue weighted by molar-refractivity contribution is 6.38. The molecule has 51 heavy (non-hydrogen) atoms. The van der Waals surface area contributed by atoms with Crippen LogP contribution in [0.5, 0.6) is 0 Å². The van der Waals surface area contributed by atoms with E-state index in [2.05, 4.69) is 29.8 Å². The molecule has 0 spiro atoms. The highest BCUT2D eigenvalue weighted by atomic mass is 16.2. The molecule has 1 aromatic carbocycles. The summed E-state index contributed by atoms with van der Waals surface area (Å²) in [6.07, 6.45) is 10.4. The largest absolute Gasteiger partial charge is 0.363 e. The summed E-state index contributed by atoms with van der Waals surface area (Å²) in [6.45, 7) is 4.95. The van der Waals surface area contributed by atoms with Crippen LogP contribution in [0.25, 0.3) is 0 Å². The number of carbonyl (C=O) groups is 6. The van der Waals surface area contributed by atoms with E-state index >= 15 is 0 Å². The van der Waals surface area contributed by atoms with Gasteiger partial charge in [-0.2, -0.15) is 0 Å². The number of benzene rings is 1. The van der Waals surface area contributed by atoms with Gasteiger partial charge in [-0.25, -0.2) is 4.79 Å². The van der Waals surface area contributed by atoms with Crippen LogP contribution in [0.15, 0.2) is 30.3 Å². The van der Waals surface area contributed by atoms with Gasteiger partial charge in [0.15, 0.2) is 0 Å². The van der Waals surface area contributed by atoms with Crippen LogP contribution in [0.1, 0.15) is 103 Å². The summed E-state index contributed by atoms with van der Waals surface area (Å²) in [5.41, 5.74) is 5.11. The molecule has 0 radical (unpaired) electrons. The van der Waals surface area contributed by atoms with Crippen molar-refractivity contribution in [3.63, 3.8) is 0 Å². The number of rotatable bonds is 12. The number of Topliss-reactive ketones (excluding diaryl/α,β-unsaturated/α-hetero) is 1. The number of hydrogen-bond acceptors (Lipinski definition) is 6. The van der Waals surface area contributed by atoms with E-state index in [9.17, 15) is 28.8 Å². The Morgan fingerprint density at radius 2 is 1.45 bits per heavy atom. The zero-order valence-corrected chi connectivity index (χ0v) is 30.5. The number of fused-ring (bicyclic) bond motifs is 1. The summed E-state index contributed by atoms with van der Waals surface area (Å²) in [4.78, 5) is 84.9. The molecule has 5 N–H and O–H groups in total. The van der Waals surface area contributed by atoms with Gasteiger partial charge in [-0.15, -0.1) is 0 Å². The molecule has 1 heterocycles. The van der Waals surface area contributed by atoms with Crippen molar-refractivity contribution in [3.8, 4) is 0 Å². The third-order valence-electron chi connectivity index (χ3n) is 13.0. The van der Waals surface area contributed by atoms with Crippen LogP contribution in [0, 0.1) is 29.1 Å². The molecule has 1 unspecified atom stereocenters. The molecule has 12 heteroatoms. The number of piperidine rings is 1. The minimum absolute atomic E-state index is 0.0929. The molecule has 1 aliphatic heterocycles. The number of carbonyl (C=O) groups excluding carboxylic acids is 6. The van der Waals surface area contributed by atoms with E-state index in [1.807, 2.05) is 30.3 Å². The molecular weight excluding hydrogens is 648 g/mol. The number of hydrogen-bond donors (Lipinski definition) is 4. The maximum Gasteiger partial charge on any atom is 0.316 e. The van der Waals surface area contributed by atoms with Crippen molar-refractivity contribution in [2.75, 3.05) is 13.6 Å². The smallest absolute Gasteiger partial charge is 0.316 e. The third-order valence-corrected chi connectivity index (χ3v) is 13.0. The van der Waals surface area contributed by atoms with Crippen molar-refractivity contribution >= 4 is 35.4 Å². The van der Waals surface area contributed by atoms with E-state index in [-0.39, 0.29) is 40.9 Å². The minimum atomic E-state index is -1.09. The quantitative estimate of drug-likeness (QED) is 0.243. The molecule has 5 fully saturated rings. The van der Waals surface area contributed by atoms with Gasteiger partial charge in [0.2, 0.25) is 23.5 Å². The number of primary amides is 1. The number of nitrogens with zero attached hydrogens (tertiary/aromatic N) is 2. The monoisotopic (exact) mass is 704 g/mol. The van der Waals surface area contributed by atoms with Crippen molar-refractivity contribution in [2.45, 2.75) is 128 Å². The van der Waals surface area contributed by atoms with Crippen LogP contribution >= 0.6 is 0 Å². The number of amides is 6. The summed E-state index contributed by atoms with van der Waals surface area (Å²) >= 11 is 0. The Morgan fingerprint density at radius 1 is 0.843 bits per heavy atom. The normalized spacial score (nSPS) is 26.4. The van der Waals surface area contributed by atoms with E-state index in [1.165, 1.54) is 0 Å². The van der Waals surface area contributed by atoms with Gasteiger partial charge in [-0.3, -0.25) is 24.0 Å². The van der Waals surface area contributed by atoms with Crippen LogP contribution in [0.4, 0.5) is 4.79 Å². The Labute approximate surface area is 301 Å². The first kappa shape index (κ1) is 36.8. The van der Waals surface area contributed by atoms with Crippen LogP contribution in [0.2, 0.25) is 0 Å². The number of likely N-dealkylation sites (tertiary alicyclic amines) is 1. The van der Waals surface area contributed by atoms with Gasteiger partial charge in [-0.1, -0.05) is 89.1 Å². The van der Waals surface area contributed by atoms with E-state index < -0.39 is 47.3 Å². The first-order valence-electron chi connectivity index (χ1n) is 19.2. The van der Waals surface area contributed by atoms with Crippen molar-refractivity contribution in [2.24, 2.45) is 34.8 Å². The van der Waals surface area contributed by atoms with Crippen molar-refractivity contribution in [3.05, 3.63) is 35.9 Å². The van der Waals surface area contributed by atoms with Crippen molar-refractivity contribution in [1.82, 2.24) is 25.8 Å². The lowest BCUT2D eigenvalue weighted by molar-refractivity contribution is -0.145. The molecule has 6 amide bonds. The summed E-state index contributed by atoms with van der Waals surface area (Å²) in [5.74, 6) is -3.11. The Kier molecular flexibility index (Phi) is 10.8. The molecule has 278 valence electrons. The van der Waals surface area contributed by atoms with E-state index in [1.54, 1.807) is 16.8 Å². The second-order valence-corrected chi connectivity index (χ2v) is 16.6. The minimum Gasteiger partial charge on any atom is -0.363 e. The predicted octanol–water partition coefficient (Wildman–Crippen LogP) is 3.42. The molecule has 1 aromatic rings. The summed E-state index contributed by atoms with van der Waals surface area (Å²) < 4.78 is 0. The zero-order chi connectivity index (χ0) is 36.5. The molecule has 5 aliphatic rings. The SMILES string of the molecule is CN(Cc1ccccc1)C(=O)C1(NC(=O)N[C@H](C(=O)N2C[C@H]3[C@@H]([C@H]2C(=O)NC(C(=O)C(N)=O)C2CCC2)C3(C)C)C2CCCCC2)CCCCC1. The molecule has 12 nitrogen and oxygen atoms in total. The Hall–Kier alpha value is -3.96. The molecule has 0 bridgehead atoms. The number of nitrogens with one attached hydrogen (secondary N) is 3. The van der Waals surface area contributed by atoms with Crippen molar-refractivity contribution in [1.29, 1.82) is 0 Å². The van der Waals surface area contributed by atoms with Crippen LogP contribution in [-0.4, -0.2) is 82.5 Å². The zero-order valence-electron chi connectivity index (χ0n) is 30.5. The molecule has 4 saturated carbocycles. The highest BCUT2D eigenvalue weighted by Crippen LogP contribution is 2.65. The first-order valence-corrected chi connectivity index (χ1v) is 19.2. The average Bonchev–Trinajstić information content (AvgIpc) is 3.40. The summed E-state index contributed by atoms with van der Waals surface area (Å²) in [7, 11) is 1.76. The fourth-order valence-corrected chi connectivity index (χ4v) is 9.64. The lowest BCUT2D eigenvalue weighted by Gasteiger charge is -2.41. The molecular formula is C39H56N6O6. The fraction of sp³-hybridized carbons (Fsp3) is 0.692.